The minimum Gasteiger partial charge on any atom is -0.378 e. The SMILES string of the molecule is O=C(CCC1CCCO1)Nc1nc2c(s1)CN(Cc1ccccc1)CC2. The number of fused-ring (bicyclic) bond motifs is 1. The van der Waals surface area contributed by atoms with Crippen molar-refractivity contribution in [1.82, 2.24) is 9.88 Å². The number of ether oxygens (including phenoxy) is 1. The maximum Gasteiger partial charge on any atom is 0.226 e. The Kier molecular flexibility index (Phi) is 5.62. The van der Waals surface area contributed by atoms with Crippen LogP contribution in [-0.4, -0.2) is 35.0 Å². The molecular formula is C20H25N3O2S. The van der Waals surface area contributed by atoms with Gasteiger partial charge in [0.15, 0.2) is 5.13 Å². The number of carbonyl (C=O) groups excluding carboxylic acids is 1. The fourth-order valence-corrected chi connectivity index (χ4v) is 4.69. The lowest BCUT2D eigenvalue weighted by molar-refractivity contribution is -0.116. The maximum absolute atomic E-state index is 12.2. The number of amides is 1. The Morgan fingerprint density at radius 3 is 3.04 bits per heavy atom. The molecule has 1 unspecified atom stereocenters. The van der Waals surface area contributed by atoms with Crippen LogP contribution >= 0.6 is 11.3 Å². The third kappa shape index (κ3) is 4.50. The van der Waals surface area contributed by atoms with Crippen LogP contribution in [0.15, 0.2) is 30.3 Å². The summed E-state index contributed by atoms with van der Waals surface area (Å²) in [5, 5.41) is 3.73. The van der Waals surface area contributed by atoms with Crippen LogP contribution in [0.3, 0.4) is 0 Å². The molecule has 1 saturated heterocycles. The molecule has 2 aliphatic heterocycles. The fraction of sp³-hybridized carbons (Fsp3) is 0.500. The second kappa shape index (κ2) is 8.29. The van der Waals surface area contributed by atoms with Gasteiger partial charge in [0.2, 0.25) is 5.91 Å². The number of anilines is 1. The Labute approximate surface area is 158 Å². The van der Waals surface area contributed by atoms with Gasteiger partial charge >= 0.3 is 0 Å². The first-order valence-corrected chi connectivity index (χ1v) is 10.2. The lowest BCUT2D eigenvalue weighted by Crippen LogP contribution is -2.29. The third-order valence-electron chi connectivity index (χ3n) is 5.02. The van der Waals surface area contributed by atoms with E-state index in [4.69, 9.17) is 4.74 Å². The van der Waals surface area contributed by atoms with Gasteiger partial charge in [-0.1, -0.05) is 30.3 Å². The zero-order chi connectivity index (χ0) is 17.8. The van der Waals surface area contributed by atoms with Gasteiger partial charge in [0.1, 0.15) is 0 Å². The van der Waals surface area contributed by atoms with Crippen LogP contribution in [0.25, 0.3) is 0 Å². The Morgan fingerprint density at radius 2 is 2.23 bits per heavy atom. The minimum absolute atomic E-state index is 0.0488. The second-order valence-corrected chi connectivity index (χ2v) is 8.14. The van der Waals surface area contributed by atoms with Crippen LogP contribution in [0, 0.1) is 0 Å². The van der Waals surface area contributed by atoms with Gasteiger partial charge < -0.3 is 10.1 Å². The number of hydrogen-bond donors (Lipinski definition) is 1. The molecule has 1 N–H and O–H groups in total. The van der Waals surface area contributed by atoms with Gasteiger partial charge in [-0.05, 0) is 24.8 Å². The molecule has 0 bridgehead atoms. The van der Waals surface area contributed by atoms with E-state index in [0.29, 0.717) is 6.42 Å². The van der Waals surface area contributed by atoms with Crippen LogP contribution < -0.4 is 5.32 Å². The summed E-state index contributed by atoms with van der Waals surface area (Å²) in [5.74, 6) is 0.0488. The maximum atomic E-state index is 12.2. The van der Waals surface area contributed by atoms with E-state index >= 15 is 0 Å². The summed E-state index contributed by atoms with van der Waals surface area (Å²) in [4.78, 5) is 20.5. The Hall–Kier alpha value is -1.76. The molecule has 0 saturated carbocycles. The minimum atomic E-state index is 0.0488. The van der Waals surface area contributed by atoms with Crippen molar-refractivity contribution in [2.75, 3.05) is 18.5 Å². The number of nitrogens with one attached hydrogen (secondary N) is 1. The Bertz CT molecular complexity index is 741. The molecule has 2 aliphatic rings. The quantitative estimate of drug-likeness (QED) is 0.843. The summed E-state index contributed by atoms with van der Waals surface area (Å²) in [6.45, 7) is 3.72. The molecular weight excluding hydrogens is 346 g/mol. The lowest BCUT2D eigenvalue weighted by Gasteiger charge is -2.25. The van der Waals surface area contributed by atoms with Crippen LogP contribution in [0.5, 0.6) is 0 Å². The number of thiazole rings is 1. The molecule has 1 fully saturated rings. The standard InChI is InChI=1S/C20H25N3O2S/c24-19(9-8-16-7-4-12-25-16)22-20-21-17-10-11-23(14-18(17)26-20)13-15-5-2-1-3-6-15/h1-3,5-6,16H,4,7-14H2,(H,21,22,24). The summed E-state index contributed by atoms with van der Waals surface area (Å²) in [6, 6.07) is 10.6. The van der Waals surface area contributed by atoms with E-state index in [2.05, 4.69) is 45.5 Å². The predicted octanol–water partition coefficient (Wildman–Crippen LogP) is 3.60. The first-order valence-electron chi connectivity index (χ1n) is 9.42. The van der Waals surface area contributed by atoms with Crippen molar-refractivity contribution in [2.45, 2.75) is 51.3 Å². The predicted molar refractivity (Wildman–Crippen MR) is 103 cm³/mol. The van der Waals surface area contributed by atoms with Crippen LogP contribution in [0.4, 0.5) is 5.13 Å². The molecule has 3 heterocycles. The zero-order valence-corrected chi connectivity index (χ0v) is 15.8. The molecule has 0 spiro atoms. The van der Waals surface area contributed by atoms with Crippen molar-refractivity contribution in [2.24, 2.45) is 0 Å². The Balaban J connectivity index is 1.30. The van der Waals surface area contributed by atoms with Crippen molar-refractivity contribution in [3.8, 4) is 0 Å². The molecule has 5 nitrogen and oxygen atoms in total. The molecule has 4 rings (SSSR count). The number of benzene rings is 1. The van der Waals surface area contributed by atoms with Gasteiger partial charge in [0.05, 0.1) is 11.8 Å². The monoisotopic (exact) mass is 371 g/mol. The number of hydrogen-bond acceptors (Lipinski definition) is 5. The highest BCUT2D eigenvalue weighted by molar-refractivity contribution is 7.15. The molecule has 0 radical (unpaired) electrons. The first kappa shape index (κ1) is 17.6. The van der Waals surface area contributed by atoms with Crippen LogP contribution in [-0.2, 0) is 29.0 Å². The van der Waals surface area contributed by atoms with Gasteiger partial charge in [-0.15, -0.1) is 11.3 Å². The molecule has 1 atom stereocenters. The highest BCUT2D eigenvalue weighted by atomic mass is 32.1. The largest absolute Gasteiger partial charge is 0.378 e. The summed E-state index contributed by atoms with van der Waals surface area (Å²) in [5.41, 5.74) is 2.48. The van der Waals surface area contributed by atoms with Crippen molar-refractivity contribution >= 4 is 22.4 Å². The summed E-state index contributed by atoms with van der Waals surface area (Å²) >= 11 is 1.62. The van der Waals surface area contributed by atoms with Gasteiger partial charge in [0, 0.05) is 44.0 Å². The molecule has 1 aromatic carbocycles. The summed E-state index contributed by atoms with van der Waals surface area (Å²) in [6.07, 6.45) is 4.72. The van der Waals surface area contributed by atoms with E-state index in [1.807, 2.05) is 0 Å². The van der Waals surface area contributed by atoms with Crippen molar-refractivity contribution in [3.05, 3.63) is 46.5 Å². The average molecular weight is 372 g/mol. The van der Waals surface area contributed by atoms with E-state index < -0.39 is 0 Å². The average Bonchev–Trinajstić information content (AvgIpc) is 3.29. The molecule has 2 aromatic rings. The lowest BCUT2D eigenvalue weighted by atomic mass is 10.1. The van der Waals surface area contributed by atoms with Crippen LogP contribution in [0.2, 0.25) is 0 Å². The van der Waals surface area contributed by atoms with Gasteiger partial charge in [-0.2, -0.15) is 0 Å². The van der Waals surface area contributed by atoms with Crippen molar-refractivity contribution < 1.29 is 9.53 Å². The number of aromatic nitrogens is 1. The normalized spacial score (nSPS) is 20.1. The van der Waals surface area contributed by atoms with Gasteiger partial charge in [0.25, 0.3) is 0 Å². The fourth-order valence-electron chi connectivity index (χ4n) is 3.62. The summed E-state index contributed by atoms with van der Waals surface area (Å²) < 4.78 is 5.58. The van der Waals surface area contributed by atoms with E-state index in [9.17, 15) is 4.79 Å². The molecule has 0 aliphatic carbocycles. The first-order chi connectivity index (χ1) is 12.8. The van der Waals surface area contributed by atoms with Gasteiger partial charge in [-0.25, -0.2) is 4.98 Å². The van der Waals surface area contributed by atoms with E-state index in [1.165, 1.54) is 10.4 Å². The van der Waals surface area contributed by atoms with E-state index in [1.54, 1.807) is 11.3 Å². The smallest absolute Gasteiger partial charge is 0.226 e. The number of carbonyl (C=O) groups is 1. The van der Waals surface area contributed by atoms with Crippen molar-refractivity contribution in [1.29, 1.82) is 0 Å². The number of nitrogens with zero attached hydrogens (tertiary/aromatic N) is 2. The van der Waals surface area contributed by atoms with E-state index in [-0.39, 0.29) is 12.0 Å². The van der Waals surface area contributed by atoms with Crippen molar-refractivity contribution in [3.63, 3.8) is 0 Å². The molecule has 1 amide bonds. The van der Waals surface area contributed by atoms with E-state index in [0.717, 1.165) is 62.7 Å². The van der Waals surface area contributed by atoms with Gasteiger partial charge in [-0.3, -0.25) is 9.69 Å². The molecule has 1 aromatic heterocycles. The van der Waals surface area contributed by atoms with Crippen LogP contribution in [0.1, 0.15) is 41.8 Å². The second-order valence-electron chi connectivity index (χ2n) is 7.06. The third-order valence-corrected chi connectivity index (χ3v) is 6.02. The summed E-state index contributed by atoms with van der Waals surface area (Å²) in [7, 11) is 0. The zero-order valence-electron chi connectivity index (χ0n) is 14.9. The topological polar surface area (TPSA) is 54.5 Å². The highest BCUT2D eigenvalue weighted by Crippen LogP contribution is 2.29. The highest BCUT2D eigenvalue weighted by Gasteiger charge is 2.22. The molecule has 26 heavy (non-hydrogen) atoms. The Morgan fingerprint density at radius 1 is 1.35 bits per heavy atom. The molecule has 6 heteroatoms. The number of rotatable bonds is 6. The molecule has 138 valence electrons.